The van der Waals surface area contributed by atoms with Crippen molar-refractivity contribution < 1.29 is 19.4 Å². The topological polar surface area (TPSA) is 92.9 Å². The highest BCUT2D eigenvalue weighted by molar-refractivity contribution is 5.87. The summed E-state index contributed by atoms with van der Waals surface area (Å²) in [7, 11) is 0. The highest BCUT2D eigenvalue weighted by Crippen LogP contribution is 2.11. The quantitative estimate of drug-likeness (QED) is 0.667. The molecule has 1 fully saturated rings. The summed E-state index contributed by atoms with van der Waals surface area (Å²) in [6.07, 6.45) is 0. The SMILES string of the molecule is CC(C)[C@@H](N)C(=O)N1CCOCC1C(=O)O. The van der Waals surface area contributed by atoms with Crippen molar-refractivity contribution in [3.05, 3.63) is 0 Å². The Balaban J connectivity index is 2.75. The Hall–Kier alpha value is -1.14. The molecule has 6 nitrogen and oxygen atoms in total. The van der Waals surface area contributed by atoms with Gasteiger partial charge >= 0.3 is 5.97 Å². The van der Waals surface area contributed by atoms with Crippen molar-refractivity contribution in [2.75, 3.05) is 19.8 Å². The molecule has 2 atom stereocenters. The number of carbonyl (C=O) groups is 2. The molecule has 0 radical (unpaired) electrons. The smallest absolute Gasteiger partial charge is 0.328 e. The number of aliphatic carboxylic acids is 1. The van der Waals surface area contributed by atoms with Gasteiger partial charge in [0.1, 0.15) is 0 Å². The van der Waals surface area contributed by atoms with Crippen LogP contribution in [0.2, 0.25) is 0 Å². The molecule has 16 heavy (non-hydrogen) atoms. The second-order valence-corrected chi connectivity index (χ2v) is 4.23. The first-order chi connectivity index (χ1) is 7.45. The molecule has 0 aromatic carbocycles. The maximum atomic E-state index is 11.9. The largest absolute Gasteiger partial charge is 0.480 e. The summed E-state index contributed by atoms with van der Waals surface area (Å²) in [5.41, 5.74) is 5.73. The lowest BCUT2D eigenvalue weighted by Crippen LogP contribution is -2.57. The minimum atomic E-state index is -1.05. The summed E-state index contributed by atoms with van der Waals surface area (Å²) in [6.45, 7) is 4.35. The molecule has 0 bridgehead atoms. The fourth-order valence-corrected chi connectivity index (χ4v) is 1.55. The number of carboxylic acid groups (broad SMARTS) is 1. The lowest BCUT2D eigenvalue weighted by Gasteiger charge is -2.35. The zero-order chi connectivity index (χ0) is 12.3. The second-order valence-electron chi connectivity index (χ2n) is 4.23. The first-order valence-corrected chi connectivity index (χ1v) is 5.31. The molecule has 0 aromatic heterocycles. The van der Waals surface area contributed by atoms with E-state index < -0.39 is 18.1 Å². The highest BCUT2D eigenvalue weighted by atomic mass is 16.5. The van der Waals surface area contributed by atoms with Crippen LogP contribution in [-0.2, 0) is 14.3 Å². The molecule has 0 aromatic rings. The van der Waals surface area contributed by atoms with Crippen LogP contribution in [0.3, 0.4) is 0 Å². The zero-order valence-corrected chi connectivity index (χ0v) is 9.55. The van der Waals surface area contributed by atoms with E-state index >= 15 is 0 Å². The van der Waals surface area contributed by atoms with E-state index in [9.17, 15) is 9.59 Å². The average molecular weight is 230 g/mol. The van der Waals surface area contributed by atoms with Crippen molar-refractivity contribution >= 4 is 11.9 Å². The van der Waals surface area contributed by atoms with Gasteiger partial charge in [-0.3, -0.25) is 4.79 Å². The van der Waals surface area contributed by atoms with Crippen molar-refractivity contribution in [1.82, 2.24) is 4.90 Å². The Morgan fingerprint density at radius 3 is 2.62 bits per heavy atom. The van der Waals surface area contributed by atoms with Crippen molar-refractivity contribution in [2.24, 2.45) is 11.7 Å². The minimum Gasteiger partial charge on any atom is -0.480 e. The molecular formula is C10H18N2O4. The van der Waals surface area contributed by atoms with E-state index in [-0.39, 0.29) is 25.0 Å². The van der Waals surface area contributed by atoms with Crippen LogP contribution in [0.1, 0.15) is 13.8 Å². The first kappa shape index (κ1) is 12.9. The molecule has 1 rings (SSSR count). The number of rotatable bonds is 3. The van der Waals surface area contributed by atoms with Crippen LogP contribution in [0.25, 0.3) is 0 Å². The summed E-state index contributed by atoms with van der Waals surface area (Å²) < 4.78 is 5.05. The van der Waals surface area contributed by atoms with Gasteiger partial charge in [-0.2, -0.15) is 0 Å². The number of carbonyl (C=O) groups excluding carboxylic acids is 1. The molecular weight excluding hydrogens is 212 g/mol. The van der Waals surface area contributed by atoms with Crippen molar-refractivity contribution in [1.29, 1.82) is 0 Å². The summed E-state index contributed by atoms with van der Waals surface area (Å²) in [4.78, 5) is 24.2. The predicted molar refractivity (Wildman–Crippen MR) is 56.8 cm³/mol. The van der Waals surface area contributed by atoms with Gasteiger partial charge in [-0.1, -0.05) is 13.8 Å². The van der Waals surface area contributed by atoms with Crippen molar-refractivity contribution in [3.8, 4) is 0 Å². The number of nitrogens with zero attached hydrogens (tertiary/aromatic N) is 1. The maximum Gasteiger partial charge on any atom is 0.328 e. The molecule has 1 aliphatic rings. The number of carboxylic acids is 1. The van der Waals surface area contributed by atoms with Gasteiger partial charge in [-0.25, -0.2) is 4.79 Å². The van der Waals surface area contributed by atoms with Crippen LogP contribution in [0.5, 0.6) is 0 Å². The Morgan fingerprint density at radius 2 is 2.12 bits per heavy atom. The third-order valence-electron chi connectivity index (χ3n) is 2.70. The second kappa shape index (κ2) is 5.27. The average Bonchev–Trinajstić information content (AvgIpc) is 2.26. The van der Waals surface area contributed by atoms with Crippen molar-refractivity contribution in [2.45, 2.75) is 25.9 Å². The first-order valence-electron chi connectivity index (χ1n) is 5.31. The van der Waals surface area contributed by atoms with E-state index in [1.807, 2.05) is 13.8 Å². The number of ether oxygens (including phenoxy) is 1. The van der Waals surface area contributed by atoms with Gasteiger partial charge in [-0.15, -0.1) is 0 Å². The summed E-state index contributed by atoms with van der Waals surface area (Å²) in [5, 5.41) is 8.96. The van der Waals surface area contributed by atoms with E-state index in [1.54, 1.807) is 0 Å². The summed E-state index contributed by atoms with van der Waals surface area (Å²) >= 11 is 0. The summed E-state index contributed by atoms with van der Waals surface area (Å²) in [5.74, 6) is -1.38. The van der Waals surface area contributed by atoms with E-state index in [1.165, 1.54) is 4.90 Å². The summed E-state index contributed by atoms with van der Waals surface area (Å²) in [6, 6.07) is -1.56. The Labute approximate surface area is 94.3 Å². The molecule has 92 valence electrons. The Kier molecular flexibility index (Phi) is 4.26. The standard InChI is InChI=1S/C10H18N2O4/c1-6(2)8(11)9(13)12-3-4-16-5-7(12)10(14)15/h6-8H,3-5,11H2,1-2H3,(H,14,15)/t7?,8-/m1/s1. The number of hydrogen-bond donors (Lipinski definition) is 2. The van der Waals surface area contributed by atoms with Gasteiger partial charge in [0.25, 0.3) is 0 Å². The molecule has 6 heteroatoms. The van der Waals surface area contributed by atoms with E-state index in [2.05, 4.69) is 0 Å². The Bertz CT molecular complexity index is 280. The normalized spacial score (nSPS) is 23.2. The van der Waals surface area contributed by atoms with Crippen LogP contribution < -0.4 is 5.73 Å². The monoisotopic (exact) mass is 230 g/mol. The number of amides is 1. The van der Waals surface area contributed by atoms with Gasteiger partial charge in [0.05, 0.1) is 19.3 Å². The molecule has 1 aliphatic heterocycles. The Morgan fingerprint density at radius 1 is 1.50 bits per heavy atom. The molecule has 0 spiro atoms. The molecule has 1 amide bonds. The molecule has 3 N–H and O–H groups in total. The lowest BCUT2D eigenvalue weighted by molar-refractivity contribution is -0.159. The van der Waals surface area contributed by atoms with Gasteiger partial charge in [0.15, 0.2) is 6.04 Å². The fraction of sp³-hybridized carbons (Fsp3) is 0.800. The van der Waals surface area contributed by atoms with Gasteiger partial charge in [0, 0.05) is 6.54 Å². The molecule has 0 aliphatic carbocycles. The lowest BCUT2D eigenvalue weighted by atomic mass is 10.0. The molecule has 0 saturated carbocycles. The van der Waals surface area contributed by atoms with E-state index in [4.69, 9.17) is 15.6 Å². The van der Waals surface area contributed by atoms with Gasteiger partial charge in [-0.05, 0) is 5.92 Å². The number of morpholine rings is 1. The van der Waals surface area contributed by atoms with E-state index in [0.717, 1.165) is 0 Å². The van der Waals surface area contributed by atoms with Crippen LogP contribution in [0.15, 0.2) is 0 Å². The maximum absolute atomic E-state index is 11.9. The molecule has 1 unspecified atom stereocenters. The third kappa shape index (κ3) is 2.70. The molecule has 1 saturated heterocycles. The number of nitrogens with two attached hydrogens (primary N) is 1. The van der Waals surface area contributed by atoms with E-state index in [0.29, 0.717) is 6.61 Å². The van der Waals surface area contributed by atoms with Crippen LogP contribution in [-0.4, -0.2) is 53.7 Å². The third-order valence-corrected chi connectivity index (χ3v) is 2.70. The van der Waals surface area contributed by atoms with Crippen LogP contribution >= 0.6 is 0 Å². The molecule has 1 heterocycles. The highest BCUT2D eigenvalue weighted by Gasteiger charge is 2.35. The van der Waals surface area contributed by atoms with Gasteiger partial charge < -0.3 is 20.5 Å². The minimum absolute atomic E-state index is 0.00945. The van der Waals surface area contributed by atoms with Crippen molar-refractivity contribution in [3.63, 3.8) is 0 Å². The van der Waals surface area contributed by atoms with Gasteiger partial charge in [0.2, 0.25) is 5.91 Å². The van der Waals surface area contributed by atoms with Crippen LogP contribution in [0, 0.1) is 5.92 Å². The zero-order valence-electron chi connectivity index (χ0n) is 9.55. The van der Waals surface area contributed by atoms with Crippen LogP contribution in [0.4, 0.5) is 0 Å². The fourth-order valence-electron chi connectivity index (χ4n) is 1.55. The number of hydrogen-bond acceptors (Lipinski definition) is 4. The predicted octanol–water partition coefficient (Wildman–Crippen LogP) is -0.718.